The van der Waals surface area contributed by atoms with Gasteiger partial charge in [-0.2, -0.15) is 0 Å². The maximum Gasteiger partial charge on any atom is 0.335 e. The van der Waals surface area contributed by atoms with Crippen molar-refractivity contribution in [3.63, 3.8) is 0 Å². The van der Waals surface area contributed by atoms with Crippen LogP contribution in [0.4, 0.5) is 8.78 Å². The lowest BCUT2D eigenvalue weighted by atomic mass is 10.3. The lowest BCUT2D eigenvalue weighted by molar-refractivity contribution is -0.130. The molecule has 0 saturated heterocycles. The first-order valence-electron chi connectivity index (χ1n) is 6.88. The summed E-state index contributed by atoms with van der Waals surface area (Å²) in [4.78, 5) is 23.1. The summed E-state index contributed by atoms with van der Waals surface area (Å²) in [6, 6.07) is 7.91. The van der Waals surface area contributed by atoms with E-state index in [1.165, 1.54) is 24.3 Å². The van der Waals surface area contributed by atoms with Crippen LogP contribution in [0.5, 0.6) is 11.5 Å². The Balaban J connectivity index is 2.14. The highest BCUT2D eigenvalue weighted by atomic mass is 32.2. The smallest absolute Gasteiger partial charge is 0.335 e. The van der Waals surface area contributed by atoms with E-state index in [4.69, 9.17) is 9.47 Å². The second-order valence-corrected chi connectivity index (χ2v) is 5.68. The maximum atomic E-state index is 13.9. The molecule has 0 aliphatic rings. The van der Waals surface area contributed by atoms with Crippen LogP contribution in [-0.2, 0) is 9.59 Å². The van der Waals surface area contributed by atoms with Crippen molar-refractivity contribution < 1.29 is 27.8 Å². The van der Waals surface area contributed by atoms with Crippen molar-refractivity contribution in [1.29, 1.82) is 0 Å². The van der Waals surface area contributed by atoms with Gasteiger partial charge in [0, 0.05) is 21.9 Å². The van der Waals surface area contributed by atoms with E-state index in [0.717, 1.165) is 36.0 Å². The number of hydrogen-bond acceptors (Lipinski definition) is 5. The number of carbonyl (C=O) groups is 2. The zero-order chi connectivity index (χ0) is 18.4. The Hall–Kier alpha value is -2.93. The standard InChI is InChI=1S/C18H12F2O4S/c1-3-17(21)23-15-7-5-11(9-13(15)19)25-12-6-8-16(14(20)10-12)24-18(22)4-2/h3-10H,1-2H2. The molecular formula is C18H12F2O4S. The number of esters is 2. The molecule has 25 heavy (non-hydrogen) atoms. The van der Waals surface area contributed by atoms with Gasteiger partial charge in [-0.05, 0) is 36.4 Å². The molecule has 0 aromatic heterocycles. The third-order valence-corrected chi connectivity index (χ3v) is 3.78. The van der Waals surface area contributed by atoms with Crippen molar-refractivity contribution in [3.05, 3.63) is 73.3 Å². The molecule has 0 saturated carbocycles. The molecule has 2 aromatic rings. The van der Waals surface area contributed by atoms with Crippen molar-refractivity contribution >= 4 is 23.7 Å². The van der Waals surface area contributed by atoms with Crippen LogP contribution in [0.2, 0.25) is 0 Å². The molecule has 0 radical (unpaired) electrons. The van der Waals surface area contributed by atoms with Crippen LogP contribution < -0.4 is 9.47 Å². The number of benzene rings is 2. The van der Waals surface area contributed by atoms with E-state index < -0.39 is 23.6 Å². The third-order valence-electron chi connectivity index (χ3n) is 2.80. The Morgan fingerprint density at radius 2 is 1.24 bits per heavy atom. The molecule has 2 aromatic carbocycles. The van der Waals surface area contributed by atoms with Gasteiger partial charge in [0.15, 0.2) is 23.1 Å². The molecule has 0 unspecified atom stereocenters. The SMILES string of the molecule is C=CC(=O)Oc1ccc(Sc2ccc(OC(=O)C=C)c(F)c2)cc1F. The lowest BCUT2D eigenvalue weighted by Crippen LogP contribution is -2.04. The van der Waals surface area contributed by atoms with Crippen molar-refractivity contribution in [1.82, 2.24) is 0 Å². The first-order valence-corrected chi connectivity index (χ1v) is 7.70. The zero-order valence-corrected chi connectivity index (χ0v) is 13.6. The molecule has 0 aliphatic carbocycles. The van der Waals surface area contributed by atoms with Crippen LogP contribution in [0.25, 0.3) is 0 Å². The molecule has 0 aliphatic heterocycles. The third kappa shape index (κ3) is 5.02. The highest BCUT2D eigenvalue weighted by molar-refractivity contribution is 7.99. The monoisotopic (exact) mass is 362 g/mol. The van der Waals surface area contributed by atoms with Gasteiger partial charge in [-0.25, -0.2) is 18.4 Å². The van der Waals surface area contributed by atoms with E-state index in [1.807, 2.05) is 0 Å². The van der Waals surface area contributed by atoms with Gasteiger partial charge in [-0.15, -0.1) is 0 Å². The second-order valence-electron chi connectivity index (χ2n) is 4.54. The Labute approximate surface area is 146 Å². The summed E-state index contributed by atoms with van der Waals surface area (Å²) in [5.74, 6) is -3.48. The number of hydrogen-bond donors (Lipinski definition) is 0. The quantitative estimate of drug-likeness (QED) is 0.436. The van der Waals surface area contributed by atoms with Gasteiger partial charge in [0.1, 0.15) is 0 Å². The number of rotatable bonds is 6. The van der Waals surface area contributed by atoms with E-state index >= 15 is 0 Å². The Bertz CT molecular complexity index is 779. The van der Waals surface area contributed by atoms with Crippen LogP contribution in [0.1, 0.15) is 0 Å². The Morgan fingerprint density at radius 1 is 0.840 bits per heavy atom. The summed E-state index contributed by atoms with van der Waals surface area (Å²) in [6.07, 6.45) is 1.84. The van der Waals surface area contributed by atoms with Crippen molar-refractivity contribution in [3.8, 4) is 11.5 Å². The van der Waals surface area contributed by atoms with Gasteiger partial charge in [0.25, 0.3) is 0 Å². The summed E-state index contributed by atoms with van der Waals surface area (Å²) in [7, 11) is 0. The van der Waals surface area contributed by atoms with Crippen LogP contribution in [0.15, 0.2) is 71.5 Å². The van der Waals surface area contributed by atoms with Crippen molar-refractivity contribution in [2.45, 2.75) is 9.79 Å². The lowest BCUT2D eigenvalue weighted by Gasteiger charge is -2.07. The zero-order valence-electron chi connectivity index (χ0n) is 12.8. The largest absolute Gasteiger partial charge is 0.420 e. The molecule has 4 nitrogen and oxygen atoms in total. The predicted octanol–water partition coefficient (Wildman–Crippen LogP) is 4.30. The van der Waals surface area contributed by atoms with Gasteiger partial charge < -0.3 is 9.47 Å². The molecule has 0 heterocycles. The minimum Gasteiger partial charge on any atom is -0.420 e. The Morgan fingerprint density at radius 3 is 1.56 bits per heavy atom. The molecular weight excluding hydrogens is 350 g/mol. The van der Waals surface area contributed by atoms with E-state index in [9.17, 15) is 18.4 Å². The number of ether oxygens (including phenoxy) is 2. The Kier molecular flexibility index (Phi) is 6.08. The molecule has 0 spiro atoms. The molecule has 0 bridgehead atoms. The summed E-state index contributed by atoms with van der Waals surface area (Å²) in [5, 5.41) is 0. The van der Waals surface area contributed by atoms with Gasteiger partial charge in [-0.1, -0.05) is 24.9 Å². The van der Waals surface area contributed by atoms with Crippen molar-refractivity contribution in [2.24, 2.45) is 0 Å². The molecule has 0 N–H and O–H groups in total. The minimum atomic E-state index is -0.772. The fourth-order valence-electron chi connectivity index (χ4n) is 1.69. The first-order chi connectivity index (χ1) is 11.9. The van der Waals surface area contributed by atoms with Gasteiger partial charge in [0.2, 0.25) is 0 Å². The van der Waals surface area contributed by atoms with Gasteiger partial charge >= 0.3 is 11.9 Å². The van der Waals surface area contributed by atoms with Gasteiger partial charge in [-0.3, -0.25) is 0 Å². The second kappa shape index (κ2) is 8.25. The van der Waals surface area contributed by atoms with Crippen molar-refractivity contribution in [2.75, 3.05) is 0 Å². The summed E-state index contributed by atoms with van der Waals surface area (Å²) in [5.41, 5.74) is 0. The molecule has 2 rings (SSSR count). The minimum absolute atomic E-state index is 0.230. The molecule has 0 amide bonds. The normalized spacial score (nSPS) is 10.0. The molecule has 0 fully saturated rings. The average Bonchev–Trinajstić information content (AvgIpc) is 2.59. The first kappa shape index (κ1) is 18.4. The fraction of sp³-hybridized carbons (Fsp3) is 0. The molecule has 0 atom stereocenters. The number of carbonyl (C=O) groups excluding carboxylic acids is 2. The highest BCUT2D eigenvalue weighted by Crippen LogP contribution is 2.33. The fourth-order valence-corrected chi connectivity index (χ4v) is 2.56. The van der Waals surface area contributed by atoms with Crippen LogP contribution >= 0.6 is 11.8 Å². The van der Waals surface area contributed by atoms with Crippen LogP contribution in [0, 0.1) is 11.6 Å². The average molecular weight is 362 g/mol. The summed E-state index contributed by atoms with van der Waals surface area (Å²) >= 11 is 1.08. The van der Waals surface area contributed by atoms with E-state index in [1.54, 1.807) is 0 Å². The summed E-state index contributed by atoms with van der Waals surface area (Å²) < 4.78 is 37.3. The topological polar surface area (TPSA) is 52.6 Å². The van der Waals surface area contributed by atoms with E-state index in [-0.39, 0.29) is 11.5 Å². The summed E-state index contributed by atoms with van der Waals surface area (Å²) in [6.45, 7) is 6.45. The van der Waals surface area contributed by atoms with Crippen LogP contribution in [-0.4, -0.2) is 11.9 Å². The highest BCUT2D eigenvalue weighted by Gasteiger charge is 2.11. The van der Waals surface area contributed by atoms with Crippen LogP contribution in [0.3, 0.4) is 0 Å². The molecule has 128 valence electrons. The predicted molar refractivity (Wildman–Crippen MR) is 88.6 cm³/mol. The molecule has 7 heteroatoms. The van der Waals surface area contributed by atoms with Gasteiger partial charge in [0.05, 0.1) is 0 Å². The number of halogens is 2. The van der Waals surface area contributed by atoms with E-state index in [2.05, 4.69) is 13.2 Å². The van der Waals surface area contributed by atoms with E-state index in [0.29, 0.717) is 9.79 Å². The maximum absolute atomic E-state index is 13.9.